The Morgan fingerprint density at radius 3 is 3.08 bits per heavy atom. The van der Waals surface area contributed by atoms with Crippen molar-refractivity contribution in [1.82, 2.24) is 4.90 Å². The van der Waals surface area contributed by atoms with Gasteiger partial charge in [-0.05, 0) is 18.3 Å². The molecule has 68 valence electrons. The highest BCUT2D eigenvalue weighted by Gasteiger charge is 2.66. The van der Waals surface area contributed by atoms with Crippen LogP contribution in [0.5, 0.6) is 0 Å². The summed E-state index contributed by atoms with van der Waals surface area (Å²) in [6.07, 6.45) is 7.34. The molecule has 1 aliphatic heterocycles. The van der Waals surface area contributed by atoms with Gasteiger partial charge in [0.15, 0.2) is 0 Å². The maximum absolute atomic E-state index is 12.0. The Morgan fingerprint density at radius 1 is 1.77 bits per heavy atom. The molecule has 1 spiro atoms. The molecule has 2 heteroatoms. The molecular weight excluding hydrogens is 162 g/mol. The molecule has 13 heavy (non-hydrogen) atoms. The number of rotatable bonds is 2. The lowest BCUT2D eigenvalue weighted by Crippen LogP contribution is -2.54. The van der Waals surface area contributed by atoms with Crippen molar-refractivity contribution in [3.8, 4) is 0 Å². The molecule has 2 fully saturated rings. The molecule has 3 atom stereocenters. The topological polar surface area (TPSA) is 20.3 Å². The monoisotopic (exact) mass is 175 g/mol. The highest BCUT2D eigenvalue weighted by molar-refractivity contribution is 5.91. The predicted octanol–water partition coefficient (Wildman–Crippen LogP) is 1.21. The van der Waals surface area contributed by atoms with Crippen LogP contribution in [0.25, 0.3) is 0 Å². The van der Waals surface area contributed by atoms with Gasteiger partial charge < -0.3 is 4.90 Å². The number of hydrogen-bond acceptors (Lipinski definition) is 1. The van der Waals surface area contributed by atoms with E-state index in [1.807, 2.05) is 11.0 Å². The van der Waals surface area contributed by atoms with Crippen LogP contribution in [0.3, 0.4) is 0 Å². The summed E-state index contributed by atoms with van der Waals surface area (Å²) < 4.78 is 0. The lowest BCUT2D eigenvalue weighted by atomic mass is 9.48. The van der Waals surface area contributed by atoms with E-state index in [2.05, 4.69) is 18.7 Å². The minimum Gasteiger partial charge on any atom is -0.338 e. The van der Waals surface area contributed by atoms with Gasteiger partial charge in [0.1, 0.15) is 0 Å². The third-order valence-corrected chi connectivity index (χ3v) is 3.88. The molecule has 2 aliphatic carbocycles. The normalized spacial score (nSPS) is 44.9. The van der Waals surface area contributed by atoms with Crippen molar-refractivity contribution in [2.45, 2.75) is 6.42 Å². The van der Waals surface area contributed by atoms with Crippen molar-refractivity contribution < 1.29 is 4.79 Å². The van der Waals surface area contributed by atoms with E-state index >= 15 is 0 Å². The minimum absolute atomic E-state index is 0.0387. The maximum Gasteiger partial charge on any atom is 0.233 e. The summed E-state index contributed by atoms with van der Waals surface area (Å²) in [5.41, 5.74) is -0.0387. The molecule has 1 heterocycles. The van der Waals surface area contributed by atoms with E-state index in [1.54, 1.807) is 0 Å². The van der Waals surface area contributed by atoms with Gasteiger partial charge in [0.25, 0.3) is 0 Å². The smallest absolute Gasteiger partial charge is 0.233 e. The van der Waals surface area contributed by atoms with E-state index in [0.29, 0.717) is 17.7 Å². The Hall–Kier alpha value is -1.05. The first-order valence-corrected chi connectivity index (χ1v) is 4.88. The molecule has 0 N–H and O–H groups in total. The van der Waals surface area contributed by atoms with Gasteiger partial charge in [0.2, 0.25) is 5.91 Å². The van der Waals surface area contributed by atoms with Crippen LogP contribution < -0.4 is 0 Å². The third-order valence-electron chi connectivity index (χ3n) is 3.88. The van der Waals surface area contributed by atoms with E-state index in [4.69, 9.17) is 0 Å². The molecule has 1 unspecified atom stereocenters. The largest absolute Gasteiger partial charge is 0.338 e. The number of hydrogen-bond donors (Lipinski definition) is 0. The molecule has 1 amide bonds. The van der Waals surface area contributed by atoms with Gasteiger partial charge in [-0.3, -0.25) is 4.79 Å². The molecule has 0 radical (unpaired) electrons. The predicted molar refractivity (Wildman–Crippen MR) is 49.9 cm³/mol. The van der Waals surface area contributed by atoms with Crippen LogP contribution in [-0.4, -0.2) is 23.9 Å². The lowest BCUT2D eigenvalue weighted by molar-refractivity contribution is -0.141. The summed E-state index contributed by atoms with van der Waals surface area (Å²) in [6.45, 7) is 5.35. The molecule has 0 aromatic heterocycles. The average molecular weight is 175 g/mol. The van der Waals surface area contributed by atoms with Gasteiger partial charge >= 0.3 is 0 Å². The van der Waals surface area contributed by atoms with Crippen LogP contribution in [0.2, 0.25) is 0 Å². The van der Waals surface area contributed by atoms with Crippen molar-refractivity contribution in [3.63, 3.8) is 0 Å². The summed E-state index contributed by atoms with van der Waals surface area (Å²) >= 11 is 0. The zero-order valence-electron chi connectivity index (χ0n) is 7.57. The highest BCUT2D eigenvalue weighted by Crippen LogP contribution is 2.63. The fraction of sp³-hybridized carbons (Fsp3) is 0.545. The van der Waals surface area contributed by atoms with Gasteiger partial charge in [-0.15, -0.1) is 6.58 Å². The van der Waals surface area contributed by atoms with E-state index < -0.39 is 0 Å². The van der Waals surface area contributed by atoms with E-state index in [9.17, 15) is 4.79 Å². The fourth-order valence-electron chi connectivity index (χ4n) is 3.06. The number of carbonyl (C=O) groups excluding carboxylic acids is 1. The van der Waals surface area contributed by atoms with Gasteiger partial charge in [0, 0.05) is 13.1 Å². The molecule has 2 nitrogen and oxygen atoms in total. The Balaban J connectivity index is 1.90. The minimum atomic E-state index is -0.0387. The van der Waals surface area contributed by atoms with Crippen molar-refractivity contribution in [3.05, 3.63) is 24.8 Å². The van der Waals surface area contributed by atoms with Crippen molar-refractivity contribution in [2.24, 2.45) is 17.3 Å². The Morgan fingerprint density at radius 2 is 2.62 bits per heavy atom. The van der Waals surface area contributed by atoms with Gasteiger partial charge in [0.05, 0.1) is 5.41 Å². The van der Waals surface area contributed by atoms with Gasteiger partial charge in [-0.1, -0.05) is 18.2 Å². The Bertz CT molecular complexity index is 320. The van der Waals surface area contributed by atoms with E-state index in [0.717, 1.165) is 13.1 Å². The van der Waals surface area contributed by atoms with Crippen molar-refractivity contribution in [2.75, 3.05) is 13.1 Å². The third kappa shape index (κ3) is 0.609. The van der Waals surface area contributed by atoms with Crippen LogP contribution in [-0.2, 0) is 4.79 Å². The lowest BCUT2D eigenvalue weighted by Gasteiger charge is -2.52. The number of allylic oxidation sites excluding steroid dienone is 1. The summed E-state index contributed by atoms with van der Waals surface area (Å²) in [6, 6.07) is 0. The zero-order valence-corrected chi connectivity index (χ0v) is 7.57. The first-order valence-electron chi connectivity index (χ1n) is 4.88. The summed E-state index contributed by atoms with van der Waals surface area (Å²) in [4.78, 5) is 13.9. The first-order chi connectivity index (χ1) is 6.29. The maximum atomic E-state index is 12.0. The zero-order chi connectivity index (χ0) is 9.05. The second-order valence-corrected chi connectivity index (χ2v) is 4.33. The number of carbonyl (C=O) groups is 1. The molecule has 3 rings (SSSR count). The summed E-state index contributed by atoms with van der Waals surface area (Å²) in [7, 11) is 0. The SMILES string of the molecule is C=CCN1C[C@H]2C[C@@H]3C=CC23C1=O. The molecule has 0 bridgehead atoms. The van der Waals surface area contributed by atoms with E-state index in [-0.39, 0.29) is 5.41 Å². The second-order valence-electron chi connectivity index (χ2n) is 4.33. The Labute approximate surface area is 77.9 Å². The summed E-state index contributed by atoms with van der Waals surface area (Å²) in [5.74, 6) is 1.52. The van der Waals surface area contributed by atoms with Crippen molar-refractivity contribution in [1.29, 1.82) is 0 Å². The Kier molecular flexibility index (Phi) is 1.17. The number of amides is 1. The standard InChI is InChI=1S/C11H13NO/c1-2-5-12-7-9-6-8-3-4-11(8,9)10(12)13/h2-4,8-9H,1,5-7H2/t8-,9+,11?/m0/s1. The van der Waals surface area contributed by atoms with Crippen molar-refractivity contribution >= 4 is 5.91 Å². The van der Waals surface area contributed by atoms with Crippen LogP contribution in [0.4, 0.5) is 0 Å². The average Bonchev–Trinajstić information content (AvgIpc) is 2.35. The summed E-state index contributed by atoms with van der Waals surface area (Å²) in [5, 5.41) is 0. The number of nitrogens with zero attached hydrogens (tertiary/aromatic N) is 1. The molecule has 0 aromatic rings. The van der Waals surface area contributed by atoms with Gasteiger partial charge in [-0.25, -0.2) is 0 Å². The number of likely N-dealkylation sites (tertiary alicyclic amines) is 1. The van der Waals surface area contributed by atoms with E-state index in [1.165, 1.54) is 6.42 Å². The van der Waals surface area contributed by atoms with Crippen LogP contribution in [0, 0.1) is 17.3 Å². The highest BCUT2D eigenvalue weighted by atomic mass is 16.2. The molecular formula is C11H13NO. The first kappa shape index (κ1) is 7.36. The molecule has 3 aliphatic rings. The fourth-order valence-corrected chi connectivity index (χ4v) is 3.06. The quantitative estimate of drug-likeness (QED) is 0.578. The molecule has 1 saturated carbocycles. The molecule has 1 saturated heterocycles. The van der Waals surface area contributed by atoms with Gasteiger partial charge in [-0.2, -0.15) is 0 Å². The second kappa shape index (κ2) is 2.06. The van der Waals surface area contributed by atoms with Crippen LogP contribution in [0.1, 0.15) is 6.42 Å². The molecule has 0 aromatic carbocycles. The van der Waals surface area contributed by atoms with Crippen LogP contribution in [0.15, 0.2) is 24.8 Å². The van der Waals surface area contributed by atoms with Crippen LogP contribution >= 0.6 is 0 Å².